The van der Waals surface area contributed by atoms with E-state index in [1.54, 1.807) is 6.07 Å². The molecule has 0 fully saturated rings. The molecule has 1 amide bonds. The third kappa shape index (κ3) is 3.82. The number of hydrogen-bond donors (Lipinski definition) is 2. The second kappa shape index (κ2) is 6.35. The average Bonchev–Trinajstić information content (AvgIpc) is 2.30. The van der Waals surface area contributed by atoms with Gasteiger partial charge in [-0.2, -0.15) is 0 Å². The number of benzene rings is 1. The number of carbonyl (C=O) groups excluding carboxylic acids is 1. The highest BCUT2D eigenvalue weighted by Crippen LogP contribution is 2.17. The van der Waals surface area contributed by atoms with Crippen molar-refractivity contribution < 1.29 is 9.18 Å². The molecule has 0 radical (unpaired) electrons. The first-order valence-electron chi connectivity index (χ1n) is 5.85. The minimum Gasteiger partial charge on any atom is -0.330 e. The van der Waals surface area contributed by atoms with E-state index in [0.29, 0.717) is 12.2 Å². The second-order valence-electron chi connectivity index (χ2n) is 4.17. The van der Waals surface area contributed by atoms with E-state index in [4.69, 9.17) is 5.73 Å². The summed E-state index contributed by atoms with van der Waals surface area (Å²) < 4.78 is 13.1. The molecule has 0 aliphatic carbocycles. The molecule has 1 atom stereocenters. The first-order valence-corrected chi connectivity index (χ1v) is 5.85. The van der Waals surface area contributed by atoms with Crippen LogP contribution in [-0.4, -0.2) is 12.5 Å². The maximum atomic E-state index is 13.1. The lowest BCUT2D eigenvalue weighted by atomic mass is 10.0. The van der Waals surface area contributed by atoms with Gasteiger partial charge in [0.05, 0.1) is 5.92 Å². The number of rotatable bonds is 5. The number of hydrogen-bond acceptors (Lipinski definition) is 2. The lowest BCUT2D eigenvalue weighted by Gasteiger charge is -2.15. The normalized spacial score (nSPS) is 12.2. The number of aryl methyl sites for hydroxylation is 1. The Bertz CT molecular complexity index is 393. The molecule has 17 heavy (non-hydrogen) atoms. The third-order valence-electron chi connectivity index (χ3n) is 2.75. The molecule has 1 aromatic rings. The van der Waals surface area contributed by atoms with Crippen molar-refractivity contribution in [1.82, 2.24) is 0 Å². The van der Waals surface area contributed by atoms with Crippen molar-refractivity contribution in [2.24, 2.45) is 11.7 Å². The molecule has 3 N–H and O–H groups in total. The monoisotopic (exact) mass is 238 g/mol. The Kier molecular flexibility index (Phi) is 5.10. The largest absolute Gasteiger partial charge is 0.330 e. The summed E-state index contributed by atoms with van der Waals surface area (Å²) in [5.74, 6) is -0.698. The molecule has 1 aromatic carbocycles. The highest BCUT2D eigenvalue weighted by molar-refractivity contribution is 5.93. The number of anilines is 1. The number of carbonyl (C=O) groups is 1. The SMILES string of the molecule is CCCC(CN)C(=O)Nc1cc(F)ccc1C. The van der Waals surface area contributed by atoms with Crippen LogP contribution in [0.5, 0.6) is 0 Å². The second-order valence-corrected chi connectivity index (χ2v) is 4.17. The van der Waals surface area contributed by atoms with E-state index in [-0.39, 0.29) is 17.6 Å². The summed E-state index contributed by atoms with van der Waals surface area (Å²) in [6.45, 7) is 4.14. The summed E-state index contributed by atoms with van der Waals surface area (Å²) in [4.78, 5) is 11.9. The van der Waals surface area contributed by atoms with Crippen LogP contribution in [0.4, 0.5) is 10.1 Å². The van der Waals surface area contributed by atoms with E-state index in [9.17, 15) is 9.18 Å². The number of halogens is 1. The van der Waals surface area contributed by atoms with Crippen molar-refractivity contribution >= 4 is 11.6 Å². The van der Waals surface area contributed by atoms with Crippen molar-refractivity contribution in [3.63, 3.8) is 0 Å². The van der Waals surface area contributed by atoms with Crippen molar-refractivity contribution in [2.45, 2.75) is 26.7 Å². The molecule has 3 nitrogen and oxygen atoms in total. The average molecular weight is 238 g/mol. The smallest absolute Gasteiger partial charge is 0.228 e. The molecule has 0 aromatic heterocycles. The van der Waals surface area contributed by atoms with Gasteiger partial charge in [0, 0.05) is 12.2 Å². The van der Waals surface area contributed by atoms with Crippen LogP contribution in [0.15, 0.2) is 18.2 Å². The Morgan fingerprint density at radius 2 is 2.24 bits per heavy atom. The maximum Gasteiger partial charge on any atom is 0.228 e. The Morgan fingerprint density at radius 3 is 2.82 bits per heavy atom. The fraction of sp³-hybridized carbons (Fsp3) is 0.462. The van der Waals surface area contributed by atoms with Crippen LogP contribution in [-0.2, 0) is 4.79 Å². The molecule has 4 heteroatoms. The number of amides is 1. The zero-order valence-corrected chi connectivity index (χ0v) is 10.3. The standard InChI is InChI=1S/C13H19FN2O/c1-3-4-10(8-15)13(17)16-12-7-11(14)6-5-9(12)2/h5-7,10H,3-4,8,15H2,1-2H3,(H,16,17). The van der Waals surface area contributed by atoms with E-state index >= 15 is 0 Å². The molecular weight excluding hydrogens is 219 g/mol. The Labute approximate surface area is 101 Å². The van der Waals surface area contributed by atoms with Gasteiger partial charge in [-0.1, -0.05) is 19.4 Å². The Hall–Kier alpha value is -1.42. The maximum absolute atomic E-state index is 13.1. The Balaban J connectivity index is 2.76. The molecule has 0 saturated heterocycles. The van der Waals surface area contributed by atoms with Gasteiger partial charge in [0.15, 0.2) is 0 Å². The molecule has 94 valence electrons. The van der Waals surface area contributed by atoms with Gasteiger partial charge in [0.25, 0.3) is 0 Å². The van der Waals surface area contributed by atoms with Gasteiger partial charge in [-0.05, 0) is 31.0 Å². The van der Waals surface area contributed by atoms with Crippen LogP contribution < -0.4 is 11.1 Å². The predicted molar refractivity (Wildman–Crippen MR) is 67.2 cm³/mol. The molecule has 0 bridgehead atoms. The van der Waals surface area contributed by atoms with Gasteiger partial charge in [-0.15, -0.1) is 0 Å². The molecular formula is C13H19FN2O. The van der Waals surface area contributed by atoms with Crippen molar-refractivity contribution in [1.29, 1.82) is 0 Å². The summed E-state index contributed by atoms with van der Waals surface area (Å²) in [6.07, 6.45) is 1.65. The van der Waals surface area contributed by atoms with Gasteiger partial charge in [-0.3, -0.25) is 4.79 Å². The number of nitrogens with two attached hydrogens (primary N) is 1. The van der Waals surface area contributed by atoms with Gasteiger partial charge in [0.1, 0.15) is 5.82 Å². The van der Waals surface area contributed by atoms with E-state index in [2.05, 4.69) is 5.32 Å². The minimum absolute atomic E-state index is 0.136. The van der Waals surface area contributed by atoms with Crippen LogP contribution in [0, 0.1) is 18.7 Å². The Morgan fingerprint density at radius 1 is 1.53 bits per heavy atom. The quantitative estimate of drug-likeness (QED) is 0.827. The highest BCUT2D eigenvalue weighted by Gasteiger charge is 2.16. The summed E-state index contributed by atoms with van der Waals surface area (Å²) in [6, 6.07) is 4.34. The molecule has 0 aliphatic heterocycles. The van der Waals surface area contributed by atoms with Gasteiger partial charge >= 0.3 is 0 Å². The predicted octanol–water partition coefficient (Wildman–Crippen LogP) is 2.45. The summed E-state index contributed by atoms with van der Waals surface area (Å²) in [7, 11) is 0. The third-order valence-corrected chi connectivity index (χ3v) is 2.75. The summed E-state index contributed by atoms with van der Waals surface area (Å²) in [5, 5.41) is 2.73. The topological polar surface area (TPSA) is 55.1 Å². The van der Waals surface area contributed by atoms with E-state index in [0.717, 1.165) is 18.4 Å². The van der Waals surface area contributed by atoms with Crippen LogP contribution in [0.1, 0.15) is 25.3 Å². The molecule has 0 aliphatic rings. The lowest BCUT2D eigenvalue weighted by Crippen LogP contribution is -2.29. The van der Waals surface area contributed by atoms with Crippen LogP contribution >= 0.6 is 0 Å². The highest BCUT2D eigenvalue weighted by atomic mass is 19.1. The molecule has 0 saturated carbocycles. The van der Waals surface area contributed by atoms with Gasteiger partial charge < -0.3 is 11.1 Å². The fourth-order valence-electron chi connectivity index (χ4n) is 1.67. The van der Waals surface area contributed by atoms with Crippen LogP contribution in [0.2, 0.25) is 0 Å². The molecule has 0 spiro atoms. The van der Waals surface area contributed by atoms with Crippen LogP contribution in [0.3, 0.4) is 0 Å². The number of nitrogens with one attached hydrogen (secondary N) is 1. The molecule has 1 rings (SSSR count). The lowest BCUT2D eigenvalue weighted by molar-refractivity contribution is -0.119. The molecule has 0 heterocycles. The van der Waals surface area contributed by atoms with Crippen LogP contribution in [0.25, 0.3) is 0 Å². The minimum atomic E-state index is -0.356. The first kappa shape index (κ1) is 13.6. The van der Waals surface area contributed by atoms with Crippen molar-refractivity contribution in [3.8, 4) is 0 Å². The van der Waals surface area contributed by atoms with Gasteiger partial charge in [-0.25, -0.2) is 4.39 Å². The van der Waals surface area contributed by atoms with E-state index < -0.39 is 0 Å². The van der Waals surface area contributed by atoms with E-state index in [1.165, 1.54) is 12.1 Å². The van der Waals surface area contributed by atoms with Crippen molar-refractivity contribution in [3.05, 3.63) is 29.6 Å². The molecule has 1 unspecified atom stereocenters. The summed E-state index contributed by atoms with van der Waals surface area (Å²) in [5.41, 5.74) is 6.90. The zero-order valence-electron chi connectivity index (χ0n) is 10.3. The first-order chi connectivity index (χ1) is 8.08. The van der Waals surface area contributed by atoms with Crippen molar-refractivity contribution in [2.75, 3.05) is 11.9 Å². The van der Waals surface area contributed by atoms with Gasteiger partial charge in [0.2, 0.25) is 5.91 Å². The van der Waals surface area contributed by atoms with E-state index in [1.807, 2.05) is 13.8 Å². The summed E-state index contributed by atoms with van der Waals surface area (Å²) >= 11 is 0. The fourth-order valence-corrected chi connectivity index (χ4v) is 1.67. The zero-order chi connectivity index (χ0) is 12.8.